The Morgan fingerprint density at radius 1 is 1.33 bits per heavy atom. The molecule has 0 aliphatic rings. The summed E-state index contributed by atoms with van der Waals surface area (Å²) in [6.07, 6.45) is 2.84. The van der Waals surface area contributed by atoms with Gasteiger partial charge in [-0.3, -0.25) is 0 Å². The minimum Gasteiger partial charge on any atom is -0.370 e. The zero-order chi connectivity index (χ0) is 10.5. The fourth-order valence-electron chi connectivity index (χ4n) is 1.25. The van der Waals surface area contributed by atoms with Gasteiger partial charge in [-0.2, -0.15) is 11.3 Å². The van der Waals surface area contributed by atoms with Crippen LogP contribution in [-0.2, 0) is 6.42 Å². The van der Waals surface area contributed by atoms with Gasteiger partial charge in [-0.1, -0.05) is 0 Å². The standard InChI is InChI=1S/C11H11BrN2S/c12-10-1-2-11(14-7-10)13-5-3-9-4-6-15-8-9/h1-2,4,6-8H,3,5H2,(H,13,14). The summed E-state index contributed by atoms with van der Waals surface area (Å²) in [4.78, 5) is 4.24. The maximum absolute atomic E-state index is 4.24. The Labute approximate surface area is 101 Å². The van der Waals surface area contributed by atoms with Crippen molar-refractivity contribution >= 4 is 33.1 Å². The average molecular weight is 283 g/mol. The van der Waals surface area contributed by atoms with Crippen molar-refractivity contribution in [3.05, 3.63) is 45.2 Å². The number of thiophene rings is 1. The summed E-state index contributed by atoms with van der Waals surface area (Å²) >= 11 is 5.09. The Morgan fingerprint density at radius 2 is 2.27 bits per heavy atom. The van der Waals surface area contributed by atoms with Gasteiger partial charge in [-0.15, -0.1) is 0 Å². The van der Waals surface area contributed by atoms with Crippen LogP contribution in [-0.4, -0.2) is 11.5 Å². The molecule has 0 aliphatic heterocycles. The molecular weight excluding hydrogens is 272 g/mol. The fourth-order valence-corrected chi connectivity index (χ4v) is 2.19. The molecule has 0 aromatic carbocycles. The number of aromatic nitrogens is 1. The Bertz CT molecular complexity index is 397. The molecule has 2 rings (SSSR count). The van der Waals surface area contributed by atoms with Crippen LogP contribution in [0.25, 0.3) is 0 Å². The van der Waals surface area contributed by atoms with E-state index in [0.29, 0.717) is 0 Å². The first-order chi connectivity index (χ1) is 7.34. The molecule has 0 saturated heterocycles. The molecule has 1 N–H and O–H groups in total. The zero-order valence-corrected chi connectivity index (χ0v) is 10.5. The molecule has 78 valence electrons. The maximum Gasteiger partial charge on any atom is 0.125 e. The molecule has 0 amide bonds. The second-order valence-electron chi connectivity index (χ2n) is 3.17. The van der Waals surface area contributed by atoms with Gasteiger partial charge in [0, 0.05) is 17.2 Å². The highest BCUT2D eigenvalue weighted by Crippen LogP contribution is 2.11. The van der Waals surface area contributed by atoms with E-state index in [-0.39, 0.29) is 0 Å². The first-order valence-electron chi connectivity index (χ1n) is 4.71. The van der Waals surface area contributed by atoms with E-state index in [9.17, 15) is 0 Å². The van der Waals surface area contributed by atoms with Gasteiger partial charge in [0.25, 0.3) is 0 Å². The van der Waals surface area contributed by atoms with E-state index in [2.05, 4.69) is 43.1 Å². The number of nitrogens with one attached hydrogen (secondary N) is 1. The van der Waals surface area contributed by atoms with E-state index in [1.807, 2.05) is 12.1 Å². The maximum atomic E-state index is 4.24. The topological polar surface area (TPSA) is 24.9 Å². The average Bonchev–Trinajstić information content (AvgIpc) is 2.74. The number of rotatable bonds is 4. The Morgan fingerprint density at radius 3 is 2.93 bits per heavy atom. The van der Waals surface area contributed by atoms with Gasteiger partial charge in [0.05, 0.1) is 0 Å². The Hall–Kier alpha value is -0.870. The highest BCUT2D eigenvalue weighted by molar-refractivity contribution is 9.10. The van der Waals surface area contributed by atoms with Crippen molar-refractivity contribution in [3.8, 4) is 0 Å². The molecule has 0 spiro atoms. The SMILES string of the molecule is Brc1ccc(NCCc2ccsc2)nc1. The predicted molar refractivity (Wildman–Crippen MR) is 68.4 cm³/mol. The van der Waals surface area contributed by atoms with E-state index < -0.39 is 0 Å². The summed E-state index contributed by atoms with van der Waals surface area (Å²) in [6.45, 7) is 0.922. The van der Waals surface area contributed by atoms with Gasteiger partial charge in [-0.05, 0) is 56.9 Å². The van der Waals surface area contributed by atoms with Crippen LogP contribution in [0.5, 0.6) is 0 Å². The number of nitrogens with zero attached hydrogens (tertiary/aromatic N) is 1. The van der Waals surface area contributed by atoms with E-state index in [0.717, 1.165) is 23.3 Å². The molecule has 0 unspecified atom stereocenters. The third kappa shape index (κ3) is 3.32. The van der Waals surface area contributed by atoms with Crippen LogP contribution in [0.3, 0.4) is 0 Å². The lowest BCUT2D eigenvalue weighted by Crippen LogP contribution is -2.05. The van der Waals surface area contributed by atoms with Crippen LogP contribution < -0.4 is 5.32 Å². The molecule has 4 heteroatoms. The van der Waals surface area contributed by atoms with Crippen molar-refractivity contribution in [3.63, 3.8) is 0 Å². The van der Waals surface area contributed by atoms with E-state index in [1.54, 1.807) is 17.5 Å². The lowest BCUT2D eigenvalue weighted by atomic mass is 10.2. The smallest absolute Gasteiger partial charge is 0.125 e. The number of halogens is 1. The lowest BCUT2D eigenvalue weighted by Gasteiger charge is -2.03. The summed E-state index contributed by atoms with van der Waals surface area (Å²) in [5, 5.41) is 7.56. The van der Waals surface area contributed by atoms with Crippen LogP contribution >= 0.6 is 27.3 Å². The largest absolute Gasteiger partial charge is 0.370 e. The molecule has 15 heavy (non-hydrogen) atoms. The predicted octanol–water partition coefficient (Wildman–Crippen LogP) is 3.56. The summed E-state index contributed by atoms with van der Waals surface area (Å²) in [5.41, 5.74) is 1.38. The van der Waals surface area contributed by atoms with Crippen molar-refractivity contribution in [1.29, 1.82) is 0 Å². The van der Waals surface area contributed by atoms with Gasteiger partial charge in [-0.25, -0.2) is 4.98 Å². The fraction of sp³-hybridized carbons (Fsp3) is 0.182. The van der Waals surface area contributed by atoms with Gasteiger partial charge in [0.2, 0.25) is 0 Å². The van der Waals surface area contributed by atoms with Crippen molar-refractivity contribution < 1.29 is 0 Å². The first-order valence-corrected chi connectivity index (χ1v) is 6.45. The minimum absolute atomic E-state index is 0.922. The quantitative estimate of drug-likeness (QED) is 0.928. The van der Waals surface area contributed by atoms with Crippen LogP contribution in [0.4, 0.5) is 5.82 Å². The monoisotopic (exact) mass is 282 g/mol. The summed E-state index contributed by atoms with van der Waals surface area (Å²) in [7, 11) is 0. The number of hydrogen-bond donors (Lipinski definition) is 1. The van der Waals surface area contributed by atoms with Crippen LogP contribution in [0, 0.1) is 0 Å². The Kier molecular flexibility index (Phi) is 3.75. The normalized spacial score (nSPS) is 10.2. The van der Waals surface area contributed by atoms with Gasteiger partial charge in [0.1, 0.15) is 5.82 Å². The van der Waals surface area contributed by atoms with Gasteiger partial charge in [0.15, 0.2) is 0 Å². The summed E-state index contributed by atoms with van der Waals surface area (Å²) in [6, 6.07) is 6.11. The second kappa shape index (κ2) is 5.28. The molecule has 0 aliphatic carbocycles. The number of pyridine rings is 1. The van der Waals surface area contributed by atoms with E-state index in [4.69, 9.17) is 0 Å². The lowest BCUT2D eigenvalue weighted by molar-refractivity contribution is 1.01. The molecular formula is C11H11BrN2S. The molecule has 0 radical (unpaired) electrons. The van der Waals surface area contributed by atoms with E-state index >= 15 is 0 Å². The van der Waals surface area contributed by atoms with Gasteiger partial charge < -0.3 is 5.32 Å². The number of anilines is 1. The molecule has 2 aromatic rings. The molecule has 2 nitrogen and oxygen atoms in total. The molecule has 0 bridgehead atoms. The highest BCUT2D eigenvalue weighted by atomic mass is 79.9. The molecule has 2 heterocycles. The summed E-state index contributed by atoms with van der Waals surface area (Å²) in [5.74, 6) is 0.924. The molecule has 0 atom stereocenters. The third-order valence-corrected chi connectivity index (χ3v) is 3.23. The minimum atomic E-state index is 0.922. The van der Waals surface area contributed by atoms with Crippen molar-refractivity contribution in [1.82, 2.24) is 4.98 Å². The third-order valence-electron chi connectivity index (χ3n) is 2.03. The molecule has 0 fully saturated rings. The van der Waals surface area contributed by atoms with Crippen molar-refractivity contribution in [2.24, 2.45) is 0 Å². The highest BCUT2D eigenvalue weighted by Gasteiger charge is 1.95. The van der Waals surface area contributed by atoms with Crippen LogP contribution in [0.1, 0.15) is 5.56 Å². The first kappa shape index (κ1) is 10.6. The summed E-state index contributed by atoms with van der Waals surface area (Å²) < 4.78 is 1.01. The Balaban J connectivity index is 1.81. The van der Waals surface area contributed by atoms with Crippen LogP contribution in [0.15, 0.2) is 39.6 Å². The molecule has 0 saturated carbocycles. The molecule has 2 aromatic heterocycles. The zero-order valence-electron chi connectivity index (χ0n) is 8.11. The van der Waals surface area contributed by atoms with Crippen LogP contribution in [0.2, 0.25) is 0 Å². The van der Waals surface area contributed by atoms with Crippen molar-refractivity contribution in [2.45, 2.75) is 6.42 Å². The van der Waals surface area contributed by atoms with Gasteiger partial charge >= 0.3 is 0 Å². The van der Waals surface area contributed by atoms with Crippen molar-refractivity contribution in [2.75, 3.05) is 11.9 Å². The second-order valence-corrected chi connectivity index (χ2v) is 4.87. The number of hydrogen-bond acceptors (Lipinski definition) is 3. The van der Waals surface area contributed by atoms with E-state index in [1.165, 1.54) is 5.56 Å².